The second-order valence-electron chi connectivity index (χ2n) is 5.74. The van der Waals surface area contributed by atoms with E-state index >= 15 is 0 Å². The van der Waals surface area contributed by atoms with Crippen LogP contribution in [0.25, 0.3) is 0 Å². The Bertz CT molecular complexity index is 554. The lowest BCUT2D eigenvalue weighted by Gasteiger charge is -2.32. The first-order chi connectivity index (χ1) is 9.40. The van der Waals surface area contributed by atoms with Crippen LogP contribution in [0.1, 0.15) is 50.7 Å². The molecule has 0 fully saturated rings. The van der Waals surface area contributed by atoms with Gasteiger partial charge in [-0.25, -0.2) is 4.68 Å². The molecule has 1 aromatic heterocycles. The number of H-pyrrole nitrogens is 1. The molecule has 0 amide bonds. The van der Waals surface area contributed by atoms with Crippen molar-refractivity contribution in [1.29, 1.82) is 0 Å². The predicted octanol–water partition coefficient (Wildman–Crippen LogP) is 2.67. The van der Waals surface area contributed by atoms with Crippen molar-refractivity contribution in [3.8, 4) is 0 Å². The highest BCUT2D eigenvalue weighted by Gasteiger charge is 2.28. The number of aromatic nitrogens is 2. The molecule has 0 aliphatic heterocycles. The van der Waals surface area contributed by atoms with E-state index < -0.39 is 0 Å². The highest BCUT2D eigenvalue weighted by molar-refractivity contribution is 7.80. The summed E-state index contributed by atoms with van der Waals surface area (Å²) < 4.78 is 1.48. The number of hydrogen-bond acceptors (Lipinski definition) is 3. The first-order valence-electron chi connectivity index (χ1n) is 7.32. The molecular weight excluding hydrogens is 272 g/mol. The first-order valence-corrected chi connectivity index (χ1v) is 7.95. The van der Waals surface area contributed by atoms with E-state index in [-0.39, 0.29) is 16.5 Å². The van der Waals surface area contributed by atoms with E-state index in [9.17, 15) is 9.59 Å². The number of thiol groups is 1. The summed E-state index contributed by atoms with van der Waals surface area (Å²) in [6, 6.07) is 0. The Hall–Kier alpha value is -0.970. The number of hydrogen-bond donors (Lipinski definition) is 2. The molecule has 20 heavy (non-hydrogen) atoms. The van der Waals surface area contributed by atoms with Crippen LogP contribution in [0.2, 0.25) is 0 Å². The van der Waals surface area contributed by atoms with E-state index in [4.69, 9.17) is 0 Å². The molecule has 0 radical (unpaired) electrons. The summed E-state index contributed by atoms with van der Waals surface area (Å²) in [7, 11) is 0. The topological polar surface area (TPSA) is 54.9 Å². The third-order valence-electron chi connectivity index (χ3n) is 4.10. The lowest BCUT2D eigenvalue weighted by molar-refractivity contribution is 0.216. The molecule has 0 bridgehead atoms. The number of rotatable bonds is 7. The van der Waals surface area contributed by atoms with Gasteiger partial charge in [-0.1, -0.05) is 26.7 Å². The minimum absolute atomic E-state index is 0.0267. The minimum Gasteiger partial charge on any atom is -0.268 e. The summed E-state index contributed by atoms with van der Waals surface area (Å²) in [6.45, 7) is 8.21. The fourth-order valence-electron chi connectivity index (χ4n) is 2.79. The lowest BCUT2D eigenvalue weighted by atomic mass is 9.81. The Morgan fingerprint density at radius 1 is 1.10 bits per heavy atom. The van der Waals surface area contributed by atoms with Crippen molar-refractivity contribution in [3.63, 3.8) is 0 Å². The Labute approximate surface area is 126 Å². The highest BCUT2D eigenvalue weighted by Crippen LogP contribution is 2.32. The average Bonchev–Trinajstić information content (AvgIpc) is 2.43. The maximum Gasteiger partial charge on any atom is 0.268 e. The second kappa shape index (κ2) is 7.16. The zero-order valence-electron chi connectivity index (χ0n) is 13.0. The molecule has 0 saturated heterocycles. The Balaban J connectivity index is 3.24. The summed E-state index contributed by atoms with van der Waals surface area (Å²) in [6.07, 6.45) is 4.10. The molecule has 5 heteroatoms. The van der Waals surface area contributed by atoms with E-state index in [0.717, 1.165) is 31.4 Å². The molecule has 114 valence electrons. The van der Waals surface area contributed by atoms with E-state index in [1.54, 1.807) is 13.8 Å². The van der Waals surface area contributed by atoms with Gasteiger partial charge in [0, 0.05) is 17.7 Å². The van der Waals surface area contributed by atoms with Gasteiger partial charge >= 0.3 is 0 Å². The summed E-state index contributed by atoms with van der Waals surface area (Å²) in [4.78, 5) is 24.2. The van der Waals surface area contributed by atoms with E-state index in [2.05, 4.69) is 31.6 Å². The molecule has 0 spiro atoms. The standard InChI is InChI=1S/C15H26N2O2S/c1-5-7-15(10-20,8-6-2)9-17-14(19)12(4)11(3)13(18)16-17/h20H,5-10H2,1-4H3,(H,16,18). The predicted molar refractivity (Wildman–Crippen MR) is 86.9 cm³/mol. The molecule has 4 nitrogen and oxygen atoms in total. The largest absolute Gasteiger partial charge is 0.268 e. The molecule has 1 heterocycles. The van der Waals surface area contributed by atoms with Crippen LogP contribution in [0.4, 0.5) is 0 Å². The van der Waals surface area contributed by atoms with Crippen molar-refractivity contribution in [2.75, 3.05) is 5.75 Å². The monoisotopic (exact) mass is 298 g/mol. The molecule has 0 unspecified atom stereocenters. The van der Waals surface area contributed by atoms with Crippen molar-refractivity contribution in [2.45, 2.75) is 59.9 Å². The highest BCUT2D eigenvalue weighted by atomic mass is 32.1. The summed E-state index contributed by atoms with van der Waals surface area (Å²) in [5.41, 5.74) is 0.744. The smallest absolute Gasteiger partial charge is 0.268 e. The molecule has 1 rings (SSSR count). The number of nitrogens with one attached hydrogen (secondary N) is 1. The Morgan fingerprint density at radius 3 is 2.10 bits per heavy atom. The lowest BCUT2D eigenvalue weighted by Crippen LogP contribution is -2.39. The second-order valence-corrected chi connectivity index (χ2v) is 6.06. The van der Waals surface area contributed by atoms with Gasteiger partial charge in [0.05, 0.1) is 0 Å². The van der Waals surface area contributed by atoms with Crippen molar-refractivity contribution in [2.24, 2.45) is 5.41 Å². The molecule has 0 saturated carbocycles. The van der Waals surface area contributed by atoms with E-state index in [0.29, 0.717) is 17.7 Å². The van der Waals surface area contributed by atoms with Crippen molar-refractivity contribution in [1.82, 2.24) is 9.78 Å². The van der Waals surface area contributed by atoms with Crippen molar-refractivity contribution >= 4 is 12.6 Å². The molecule has 0 aromatic carbocycles. The molecule has 0 aliphatic carbocycles. The summed E-state index contributed by atoms with van der Waals surface area (Å²) >= 11 is 4.50. The van der Waals surface area contributed by atoms with Gasteiger partial charge in [-0.2, -0.15) is 12.6 Å². The molecule has 1 aromatic rings. The molecular formula is C15H26N2O2S. The van der Waals surface area contributed by atoms with Crippen LogP contribution in [0.15, 0.2) is 9.59 Å². The minimum atomic E-state index is -0.178. The summed E-state index contributed by atoms with van der Waals surface area (Å²) in [5, 5.41) is 2.71. The van der Waals surface area contributed by atoms with Gasteiger partial charge in [-0.15, -0.1) is 0 Å². The van der Waals surface area contributed by atoms with Crippen molar-refractivity contribution in [3.05, 3.63) is 31.8 Å². The molecule has 1 N–H and O–H groups in total. The van der Waals surface area contributed by atoms with Gasteiger partial charge in [-0.3, -0.25) is 14.7 Å². The molecule has 0 aliphatic rings. The zero-order valence-corrected chi connectivity index (χ0v) is 13.8. The van der Waals surface area contributed by atoms with Crippen LogP contribution in [-0.4, -0.2) is 15.5 Å². The van der Waals surface area contributed by atoms with Gasteiger partial charge in [0.2, 0.25) is 0 Å². The third kappa shape index (κ3) is 3.57. The quantitative estimate of drug-likeness (QED) is 0.760. The molecule has 0 atom stereocenters. The first kappa shape index (κ1) is 17.1. The maximum atomic E-state index is 12.3. The third-order valence-corrected chi connectivity index (χ3v) is 4.77. The maximum absolute atomic E-state index is 12.3. The Morgan fingerprint density at radius 2 is 1.65 bits per heavy atom. The fraction of sp³-hybridized carbons (Fsp3) is 0.733. The van der Waals surface area contributed by atoms with Crippen LogP contribution in [0.3, 0.4) is 0 Å². The van der Waals surface area contributed by atoms with Crippen LogP contribution in [0, 0.1) is 19.3 Å². The van der Waals surface area contributed by atoms with Gasteiger partial charge < -0.3 is 0 Å². The summed E-state index contributed by atoms with van der Waals surface area (Å²) in [5.74, 6) is 0.718. The average molecular weight is 298 g/mol. The SMILES string of the molecule is CCCC(CS)(CCC)Cn1[nH]c(=O)c(C)c(C)c1=O. The fourth-order valence-corrected chi connectivity index (χ4v) is 3.21. The van der Waals surface area contributed by atoms with Gasteiger partial charge in [0.25, 0.3) is 11.1 Å². The number of aromatic amines is 1. The van der Waals surface area contributed by atoms with Crippen LogP contribution in [0.5, 0.6) is 0 Å². The van der Waals surface area contributed by atoms with E-state index in [1.807, 2.05) is 0 Å². The Kier molecular flexibility index (Phi) is 6.11. The van der Waals surface area contributed by atoms with Crippen LogP contribution < -0.4 is 11.1 Å². The van der Waals surface area contributed by atoms with Crippen molar-refractivity contribution < 1.29 is 0 Å². The van der Waals surface area contributed by atoms with Gasteiger partial charge in [0.1, 0.15) is 0 Å². The van der Waals surface area contributed by atoms with Crippen LogP contribution in [-0.2, 0) is 6.54 Å². The number of nitrogens with zero attached hydrogens (tertiary/aromatic N) is 1. The van der Waals surface area contributed by atoms with Gasteiger partial charge in [0.15, 0.2) is 0 Å². The zero-order chi connectivity index (χ0) is 15.3. The van der Waals surface area contributed by atoms with E-state index in [1.165, 1.54) is 4.68 Å². The normalized spacial score (nSPS) is 11.8. The van der Waals surface area contributed by atoms with Crippen LogP contribution >= 0.6 is 12.6 Å². The van der Waals surface area contributed by atoms with Gasteiger partial charge in [-0.05, 0) is 37.9 Å².